The second kappa shape index (κ2) is 5.49. The van der Waals surface area contributed by atoms with E-state index >= 15 is 0 Å². The van der Waals surface area contributed by atoms with E-state index in [2.05, 4.69) is 10.3 Å². The third-order valence-electron chi connectivity index (χ3n) is 2.71. The lowest BCUT2D eigenvalue weighted by molar-refractivity contribution is 0.399. The molecule has 0 spiro atoms. The van der Waals surface area contributed by atoms with Gasteiger partial charge in [-0.2, -0.15) is 0 Å². The summed E-state index contributed by atoms with van der Waals surface area (Å²) < 4.78 is 18.8. The van der Waals surface area contributed by atoms with Crippen LogP contribution in [-0.4, -0.2) is 12.1 Å². The van der Waals surface area contributed by atoms with Crippen LogP contribution >= 0.6 is 0 Å². The maximum Gasteiger partial charge on any atom is 0.237 e. The van der Waals surface area contributed by atoms with Gasteiger partial charge in [-0.15, -0.1) is 0 Å². The summed E-state index contributed by atoms with van der Waals surface area (Å²) in [7, 11) is 1.56. The highest BCUT2D eigenvalue weighted by atomic mass is 19.1. The van der Waals surface area contributed by atoms with Gasteiger partial charge in [0.1, 0.15) is 5.82 Å². The molecule has 0 saturated heterocycles. The Kier molecular flexibility index (Phi) is 3.77. The molecule has 94 valence electrons. The number of pyridine rings is 1. The SMILES string of the molecule is COc1ncccc1NC(C)c1ccccc1F. The Hall–Kier alpha value is -2.10. The fraction of sp³-hybridized carbons (Fsp3) is 0.214. The van der Waals surface area contributed by atoms with Gasteiger partial charge in [-0.25, -0.2) is 9.37 Å². The topological polar surface area (TPSA) is 34.1 Å². The molecule has 1 atom stereocenters. The first-order chi connectivity index (χ1) is 8.72. The Morgan fingerprint density at radius 2 is 2.00 bits per heavy atom. The monoisotopic (exact) mass is 246 g/mol. The molecule has 0 radical (unpaired) electrons. The quantitative estimate of drug-likeness (QED) is 0.897. The smallest absolute Gasteiger partial charge is 0.237 e. The second-order valence-corrected chi connectivity index (χ2v) is 3.95. The summed E-state index contributed by atoms with van der Waals surface area (Å²) in [5, 5.41) is 3.19. The zero-order valence-electron chi connectivity index (χ0n) is 10.4. The van der Waals surface area contributed by atoms with Crippen molar-refractivity contribution < 1.29 is 9.13 Å². The number of ether oxygens (including phenoxy) is 1. The van der Waals surface area contributed by atoms with E-state index in [9.17, 15) is 4.39 Å². The zero-order valence-corrected chi connectivity index (χ0v) is 10.4. The molecule has 4 heteroatoms. The normalized spacial score (nSPS) is 11.9. The van der Waals surface area contributed by atoms with E-state index in [0.29, 0.717) is 11.4 Å². The molecule has 0 amide bonds. The summed E-state index contributed by atoms with van der Waals surface area (Å²) in [4.78, 5) is 4.09. The second-order valence-electron chi connectivity index (χ2n) is 3.95. The highest BCUT2D eigenvalue weighted by Crippen LogP contribution is 2.26. The van der Waals surface area contributed by atoms with E-state index in [0.717, 1.165) is 5.69 Å². The van der Waals surface area contributed by atoms with Crippen LogP contribution in [-0.2, 0) is 0 Å². The number of hydrogen-bond donors (Lipinski definition) is 1. The summed E-state index contributed by atoms with van der Waals surface area (Å²) in [5.41, 5.74) is 1.36. The molecule has 0 aliphatic rings. The highest BCUT2D eigenvalue weighted by molar-refractivity contribution is 5.53. The summed E-state index contributed by atoms with van der Waals surface area (Å²) >= 11 is 0. The van der Waals surface area contributed by atoms with Crippen molar-refractivity contribution in [2.24, 2.45) is 0 Å². The average molecular weight is 246 g/mol. The van der Waals surface area contributed by atoms with E-state index in [1.807, 2.05) is 19.1 Å². The van der Waals surface area contributed by atoms with Crippen molar-refractivity contribution in [3.05, 3.63) is 54.0 Å². The van der Waals surface area contributed by atoms with Crippen LogP contribution in [0.5, 0.6) is 5.88 Å². The lowest BCUT2D eigenvalue weighted by atomic mass is 10.1. The summed E-state index contributed by atoms with van der Waals surface area (Å²) in [5.74, 6) is 0.279. The molecule has 3 nitrogen and oxygen atoms in total. The number of methoxy groups -OCH3 is 1. The van der Waals surface area contributed by atoms with Crippen LogP contribution in [0, 0.1) is 5.82 Å². The molecule has 2 aromatic rings. The van der Waals surface area contributed by atoms with Crippen molar-refractivity contribution in [2.45, 2.75) is 13.0 Å². The Morgan fingerprint density at radius 3 is 2.72 bits per heavy atom. The van der Waals surface area contributed by atoms with Gasteiger partial charge in [-0.1, -0.05) is 18.2 Å². The zero-order chi connectivity index (χ0) is 13.0. The Bertz CT molecular complexity index is 531. The molecule has 0 aliphatic heterocycles. The van der Waals surface area contributed by atoms with Crippen LogP contribution in [0.3, 0.4) is 0 Å². The van der Waals surface area contributed by atoms with Crippen molar-refractivity contribution in [3.63, 3.8) is 0 Å². The van der Waals surface area contributed by atoms with Gasteiger partial charge in [-0.05, 0) is 25.1 Å². The van der Waals surface area contributed by atoms with Crippen molar-refractivity contribution in [1.29, 1.82) is 0 Å². The van der Waals surface area contributed by atoms with Crippen LogP contribution in [0.1, 0.15) is 18.5 Å². The molecule has 1 unspecified atom stereocenters. The Morgan fingerprint density at radius 1 is 1.22 bits per heavy atom. The molecule has 1 aromatic heterocycles. The molecule has 0 bridgehead atoms. The molecule has 0 fully saturated rings. The minimum Gasteiger partial charge on any atom is -0.480 e. The average Bonchev–Trinajstić information content (AvgIpc) is 2.39. The summed E-state index contributed by atoms with van der Waals surface area (Å²) in [6.45, 7) is 1.89. The van der Waals surface area contributed by atoms with Crippen molar-refractivity contribution >= 4 is 5.69 Å². The number of nitrogens with zero attached hydrogens (tertiary/aromatic N) is 1. The van der Waals surface area contributed by atoms with Gasteiger partial charge < -0.3 is 10.1 Å². The van der Waals surface area contributed by atoms with Crippen LogP contribution in [0.4, 0.5) is 10.1 Å². The van der Waals surface area contributed by atoms with E-state index in [1.54, 1.807) is 31.5 Å². The van der Waals surface area contributed by atoms with Crippen LogP contribution in [0.2, 0.25) is 0 Å². The molecule has 1 aromatic carbocycles. The van der Waals surface area contributed by atoms with Gasteiger partial charge in [-0.3, -0.25) is 0 Å². The first kappa shape index (κ1) is 12.4. The third-order valence-corrected chi connectivity index (χ3v) is 2.71. The number of benzene rings is 1. The Balaban J connectivity index is 2.21. The third kappa shape index (κ3) is 2.59. The van der Waals surface area contributed by atoms with Crippen molar-refractivity contribution in [3.8, 4) is 5.88 Å². The van der Waals surface area contributed by atoms with E-state index < -0.39 is 0 Å². The van der Waals surface area contributed by atoms with E-state index in [-0.39, 0.29) is 11.9 Å². The fourth-order valence-electron chi connectivity index (χ4n) is 1.80. The lowest BCUT2D eigenvalue weighted by Crippen LogP contribution is -2.09. The fourth-order valence-corrected chi connectivity index (χ4v) is 1.80. The van der Waals surface area contributed by atoms with Gasteiger partial charge in [0, 0.05) is 11.8 Å². The van der Waals surface area contributed by atoms with Gasteiger partial charge in [0.2, 0.25) is 5.88 Å². The van der Waals surface area contributed by atoms with Crippen molar-refractivity contribution in [1.82, 2.24) is 4.98 Å². The molecule has 1 heterocycles. The molecule has 0 saturated carbocycles. The van der Waals surface area contributed by atoms with E-state index in [4.69, 9.17) is 4.74 Å². The Labute approximate surface area is 106 Å². The molecule has 0 aliphatic carbocycles. The molecule has 2 rings (SSSR count). The number of halogens is 1. The largest absolute Gasteiger partial charge is 0.480 e. The molecule has 18 heavy (non-hydrogen) atoms. The van der Waals surface area contributed by atoms with E-state index in [1.165, 1.54) is 6.07 Å². The number of rotatable bonds is 4. The van der Waals surface area contributed by atoms with Gasteiger partial charge >= 0.3 is 0 Å². The summed E-state index contributed by atoms with van der Waals surface area (Å²) in [6, 6.07) is 10.2. The standard InChI is InChI=1S/C14H15FN2O/c1-10(11-6-3-4-7-12(11)15)17-13-8-5-9-16-14(13)18-2/h3-10,17H,1-2H3. The maximum absolute atomic E-state index is 13.6. The lowest BCUT2D eigenvalue weighted by Gasteiger charge is -2.17. The van der Waals surface area contributed by atoms with Gasteiger partial charge in [0.15, 0.2) is 0 Å². The first-order valence-electron chi connectivity index (χ1n) is 5.72. The summed E-state index contributed by atoms with van der Waals surface area (Å²) in [6.07, 6.45) is 1.65. The minimum absolute atomic E-state index is 0.163. The number of anilines is 1. The number of nitrogens with one attached hydrogen (secondary N) is 1. The van der Waals surface area contributed by atoms with Crippen molar-refractivity contribution in [2.75, 3.05) is 12.4 Å². The number of hydrogen-bond acceptors (Lipinski definition) is 3. The predicted octanol–water partition coefficient (Wildman–Crippen LogP) is 3.40. The first-order valence-corrected chi connectivity index (χ1v) is 5.72. The number of aromatic nitrogens is 1. The molecular weight excluding hydrogens is 231 g/mol. The minimum atomic E-state index is -0.222. The van der Waals surface area contributed by atoms with Crippen LogP contribution in [0.15, 0.2) is 42.6 Å². The van der Waals surface area contributed by atoms with Gasteiger partial charge in [0.25, 0.3) is 0 Å². The highest BCUT2D eigenvalue weighted by Gasteiger charge is 2.12. The van der Waals surface area contributed by atoms with Gasteiger partial charge in [0.05, 0.1) is 18.8 Å². The van der Waals surface area contributed by atoms with Crippen LogP contribution in [0.25, 0.3) is 0 Å². The molecule has 1 N–H and O–H groups in total. The predicted molar refractivity (Wildman–Crippen MR) is 69.2 cm³/mol. The van der Waals surface area contributed by atoms with Crippen LogP contribution < -0.4 is 10.1 Å². The maximum atomic E-state index is 13.6. The molecular formula is C14H15FN2O.